The Hall–Kier alpha value is -3.85. The summed E-state index contributed by atoms with van der Waals surface area (Å²) in [5.74, 6) is 0.720. The highest BCUT2D eigenvalue weighted by Gasteiger charge is 2.35. The Labute approximate surface area is 229 Å². The van der Waals surface area contributed by atoms with Crippen LogP contribution in [0.3, 0.4) is 0 Å². The first kappa shape index (κ1) is 26.7. The maximum Gasteiger partial charge on any atom is 0.404 e. The number of hydrogen-bond donors (Lipinski definition) is 3. The van der Waals surface area contributed by atoms with Crippen LogP contribution in [0.2, 0.25) is 0 Å². The van der Waals surface area contributed by atoms with Crippen molar-refractivity contribution in [2.75, 3.05) is 26.2 Å². The highest BCUT2D eigenvalue weighted by molar-refractivity contribution is 5.98. The highest BCUT2D eigenvalue weighted by atomic mass is 16.5. The van der Waals surface area contributed by atoms with E-state index in [9.17, 15) is 14.7 Å². The zero-order chi connectivity index (χ0) is 27.2. The first-order chi connectivity index (χ1) is 19.0. The summed E-state index contributed by atoms with van der Waals surface area (Å²) in [7, 11) is 0. The summed E-state index contributed by atoms with van der Waals surface area (Å²) in [6.07, 6.45) is 4.94. The first-order valence-electron chi connectivity index (χ1n) is 13.8. The van der Waals surface area contributed by atoms with Gasteiger partial charge < -0.3 is 29.9 Å². The van der Waals surface area contributed by atoms with Crippen LogP contribution in [0.15, 0.2) is 60.9 Å². The van der Waals surface area contributed by atoms with E-state index < -0.39 is 6.09 Å². The standard InChI is InChI=1S/C30H37N5O4/c1-21-11-13-24(14-12-21)39-18-15-23-19-31-16-17-34(23)29(36)27-28(22-7-3-2-4-8-22)35(20-32-27)26-10-6-5-9-25(26)33-30(37)38/h2-4,7-8,11-14,20,23,25-26,31,33H,5-6,9-10,15-19H2,1H3,(H,37,38)/t23-,25+,26+/m1/s1. The van der Waals surface area contributed by atoms with E-state index in [0.29, 0.717) is 31.8 Å². The van der Waals surface area contributed by atoms with Gasteiger partial charge in [0.25, 0.3) is 5.91 Å². The largest absolute Gasteiger partial charge is 0.494 e. The van der Waals surface area contributed by atoms with Gasteiger partial charge in [-0.3, -0.25) is 4.79 Å². The van der Waals surface area contributed by atoms with Crippen LogP contribution in [0.25, 0.3) is 11.3 Å². The second-order valence-electron chi connectivity index (χ2n) is 10.4. The Kier molecular flexibility index (Phi) is 8.46. The molecule has 2 heterocycles. The molecular formula is C30H37N5O4. The van der Waals surface area contributed by atoms with E-state index in [1.807, 2.05) is 71.0 Å². The Morgan fingerprint density at radius 2 is 1.87 bits per heavy atom. The van der Waals surface area contributed by atoms with Crippen LogP contribution in [-0.2, 0) is 0 Å². The third-order valence-corrected chi connectivity index (χ3v) is 7.79. The van der Waals surface area contributed by atoms with E-state index >= 15 is 0 Å². The lowest BCUT2D eigenvalue weighted by molar-refractivity contribution is 0.0601. The Bertz CT molecular complexity index is 1260. The van der Waals surface area contributed by atoms with Crippen molar-refractivity contribution in [3.63, 3.8) is 0 Å². The molecule has 0 unspecified atom stereocenters. The molecule has 1 aromatic heterocycles. The number of benzene rings is 2. The van der Waals surface area contributed by atoms with Crippen LogP contribution in [0.4, 0.5) is 4.79 Å². The van der Waals surface area contributed by atoms with E-state index in [1.54, 1.807) is 6.33 Å². The molecule has 0 radical (unpaired) electrons. The molecule has 1 aliphatic carbocycles. The van der Waals surface area contributed by atoms with Crippen molar-refractivity contribution in [2.24, 2.45) is 0 Å². The van der Waals surface area contributed by atoms with Gasteiger partial charge in [-0.25, -0.2) is 9.78 Å². The third kappa shape index (κ3) is 6.25. The molecule has 3 aromatic rings. The summed E-state index contributed by atoms with van der Waals surface area (Å²) in [5, 5.41) is 15.6. The van der Waals surface area contributed by atoms with E-state index in [-0.39, 0.29) is 24.0 Å². The predicted molar refractivity (Wildman–Crippen MR) is 149 cm³/mol. The number of nitrogens with one attached hydrogen (secondary N) is 2. The van der Waals surface area contributed by atoms with Crippen LogP contribution in [-0.4, -0.2) is 69.9 Å². The fraction of sp³-hybridized carbons (Fsp3) is 0.433. The minimum atomic E-state index is -1.03. The lowest BCUT2D eigenvalue weighted by atomic mass is 9.89. The van der Waals surface area contributed by atoms with Gasteiger partial charge in [0.2, 0.25) is 0 Å². The molecule has 0 spiro atoms. The van der Waals surface area contributed by atoms with Crippen LogP contribution in [0.1, 0.15) is 54.2 Å². The Morgan fingerprint density at radius 3 is 2.64 bits per heavy atom. The molecular weight excluding hydrogens is 494 g/mol. The maximum absolute atomic E-state index is 14.1. The average Bonchev–Trinajstić information content (AvgIpc) is 3.39. The smallest absolute Gasteiger partial charge is 0.404 e. The average molecular weight is 532 g/mol. The molecule has 2 aliphatic rings. The van der Waals surface area contributed by atoms with Gasteiger partial charge in [-0.2, -0.15) is 0 Å². The number of carbonyl (C=O) groups is 2. The fourth-order valence-corrected chi connectivity index (χ4v) is 5.79. The lowest BCUT2D eigenvalue weighted by Crippen LogP contribution is -2.54. The number of imidazole rings is 1. The van der Waals surface area contributed by atoms with Gasteiger partial charge in [0, 0.05) is 37.7 Å². The van der Waals surface area contributed by atoms with Crippen LogP contribution >= 0.6 is 0 Å². The normalized spacial score (nSPS) is 21.4. The molecule has 1 saturated heterocycles. The van der Waals surface area contributed by atoms with E-state index in [0.717, 1.165) is 49.2 Å². The maximum atomic E-state index is 14.1. The summed E-state index contributed by atoms with van der Waals surface area (Å²) in [6.45, 7) is 4.54. The van der Waals surface area contributed by atoms with Gasteiger partial charge in [0.1, 0.15) is 5.75 Å². The van der Waals surface area contributed by atoms with Crippen molar-refractivity contribution in [3.05, 3.63) is 72.2 Å². The molecule has 9 heteroatoms. The van der Waals surface area contributed by atoms with Gasteiger partial charge >= 0.3 is 6.09 Å². The quantitative estimate of drug-likeness (QED) is 0.395. The lowest BCUT2D eigenvalue weighted by Gasteiger charge is -2.36. The van der Waals surface area contributed by atoms with Crippen molar-refractivity contribution in [2.45, 2.75) is 57.2 Å². The molecule has 2 aromatic carbocycles. The van der Waals surface area contributed by atoms with Crippen molar-refractivity contribution < 1.29 is 19.4 Å². The summed E-state index contributed by atoms with van der Waals surface area (Å²) in [6, 6.07) is 17.4. The molecule has 3 N–H and O–H groups in total. The Morgan fingerprint density at radius 1 is 1.10 bits per heavy atom. The van der Waals surface area contributed by atoms with Gasteiger partial charge in [0.05, 0.1) is 30.7 Å². The number of hydrogen-bond acceptors (Lipinski definition) is 5. The first-order valence-corrected chi connectivity index (χ1v) is 13.8. The van der Waals surface area contributed by atoms with Crippen LogP contribution < -0.4 is 15.4 Å². The molecule has 2 amide bonds. The van der Waals surface area contributed by atoms with Gasteiger partial charge in [-0.15, -0.1) is 0 Å². The van der Waals surface area contributed by atoms with Crippen molar-refractivity contribution in [1.82, 2.24) is 25.1 Å². The Balaban J connectivity index is 1.40. The van der Waals surface area contributed by atoms with Crippen molar-refractivity contribution in [1.29, 1.82) is 0 Å². The number of carbonyl (C=O) groups excluding carboxylic acids is 1. The summed E-state index contributed by atoms with van der Waals surface area (Å²) in [4.78, 5) is 32.2. The second-order valence-corrected chi connectivity index (χ2v) is 10.4. The molecule has 9 nitrogen and oxygen atoms in total. The van der Waals surface area contributed by atoms with Crippen LogP contribution in [0.5, 0.6) is 5.75 Å². The summed E-state index contributed by atoms with van der Waals surface area (Å²) >= 11 is 0. The number of aryl methyl sites for hydroxylation is 1. The molecule has 5 rings (SSSR count). The zero-order valence-electron chi connectivity index (χ0n) is 22.4. The molecule has 1 aliphatic heterocycles. The second kappa shape index (κ2) is 12.3. The number of rotatable bonds is 8. The van der Waals surface area contributed by atoms with Crippen molar-refractivity contribution in [3.8, 4) is 17.0 Å². The number of aromatic nitrogens is 2. The number of ether oxygens (including phenoxy) is 1. The molecule has 1 saturated carbocycles. The van der Waals surface area contributed by atoms with Crippen LogP contribution in [0, 0.1) is 6.92 Å². The summed E-state index contributed by atoms with van der Waals surface area (Å²) in [5.41, 5.74) is 3.24. The van der Waals surface area contributed by atoms with Gasteiger partial charge in [-0.05, 0) is 31.9 Å². The molecule has 206 valence electrons. The molecule has 3 atom stereocenters. The van der Waals surface area contributed by atoms with Gasteiger partial charge in [0.15, 0.2) is 5.69 Å². The topological polar surface area (TPSA) is 109 Å². The summed E-state index contributed by atoms with van der Waals surface area (Å²) < 4.78 is 8.00. The number of amides is 2. The SMILES string of the molecule is Cc1ccc(OCC[C@@H]2CNCCN2C(=O)c2ncn([C@H]3CCCC[C@@H]3NC(=O)O)c2-c2ccccc2)cc1. The minimum Gasteiger partial charge on any atom is -0.494 e. The third-order valence-electron chi connectivity index (χ3n) is 7.79. The molecule has 39 heavy (non-hydrogen) atoms. The van der Waals surface area contributed by atoms with Crippen molar-refractivity contribution >= 4 is 12.0 Å². The number of piperazine rings is 1. The fourth-order valence-electron chi connectivity index (χ4n) is 5.79. The zero-order valence-corrected chi connectivity index (χ0v) is 22.4. The van der Waals surface area contributed by atoms with E-state index in [4.69, 9.17) is 4.74 Å². The van der Waals surface area contributed by atoms with Gasteiger partial charge in [-0.1, -0.05) is 60.9 Å². The molecule has 2 fully saturated rings. The number of nitrogens with zero attached hydrogens (tertiary/aromatic N) is 3. The van der Waals surface area contributed by atoms with E-state index in [1.165, 1.54) is 5.56 Å². The van der Waals surface area contributed by atoms with E-state index in [2.05, 4.69) is 15.6 Å². The highest BCUT2D eigenvalue weighted by Crippen LogP contribution is 2.35. The predicted octanol–water partition coefficient (Wildman–Crippen LogP) is 4.49. The monoisotopic (exact) mass is 531 g/mol. The molecule has 0 bridgehead atoms. The minimum absolute atomic E-state index is 0.0263. The number of carboxylic acid groups (broad SMARTS) is 1.